The second kappa shape index (κ2) is 25.0. The maximum atomic E-state index is 11.2. The fourth-order valence-corrected chi connectivity index (χ4v) is 4.45. The van der Waals surface area contributed by atoms with E-state index in [-0.39, 0.29) is 66.3 Å². The first kappa shape index (κ1) is 60.9. The third kappa shape index (κ3) is 22.4. The number of aliphatic imine (C=N–C) groups is 2. The van der Waals surface area contributed by atoms with Crippen LogP contribution >= 0.6 is 0 Å². The van der Waals surface area contributed by atoms with Crippen LogP contribution in [0.4, 0.5) is 37.7 Å². The van der Waals surface area contributed by atoms with Crippen molar-refractivity contribution >= 4 is 64.3 Å². The summed E-state index contributed by atoms with van der Waals surface area (Å²) >= 11 is 0. The summed E-state index contributed by atoms with van der Waals surface area (Å²) in [5.74, 6) is 0. The van der Waals surface area contributed by atoms with Gasteiger partial charge >= 0.3 is 45.2 Å². The van der Waals surface area contributed by atoms with Crippen molar-refractivity contribution in [3.8, 4) is 0 Å². The fourth-order valence-electron chi connectivity index (χ4n) is 3.03. The maximum Gasteiger partial charge on any atom is 2.00 e. The molecule has 0 spiro atoms. The number of nitrogens with zero attached hydrogens (tertiary/aromatic N) is 4. The van der Waals surface area contributed by atoms with Gasteiger partial charge in [0.25, 0.3) is 0 Å². The van der Waals surface area contributed by atoms with E-state index in [0.29, 0.717) is 22.5 Å². The van der Waals surface area contributed by atoms with E-state index in [0.717, 1.165) is 0 Å². The first-order chi connectivity index (χ1) is 24.4. The zero-order valence-corrected chi connectivity index (χ0v) is 33.7. The molecule has 2 heterocycles. The molecule has 4 rings (SSSR count). The number of hydrogen-bond acceptors (Lipinski definition) is 16. The number of halogens is 6. The van der Waals surface area contributed by atoms with Crippen molar-refractivity contribution in [3.63, 3.8) is 0 Å². The molecule has 0 aliphatic rings. The van der Waals surface area contributed by atoms with Crippen molar-refractivity contribution in [2.45, 2.75) is 34.7 Å². The molecule has 0 atom stereocenters. The average Bonchev–Trinajstić information content (AvgIpc) is 3.03. The van der Waals surface area contributed by atoms with E-state index < -0.39 is 51.5 Å². The minimum atomic E-state index is -6.09. The molecule has 0 bridgehead atoms. The molecular formula is C28H28Cu2F6N4O14S4+2. The van der Waals surface area contributed by atoms with E-state index in [9.17, 15) is 52.3 Å². The summed E-state index contributed by atoms with van der Waals surface area (Å²) < 4.78 is 185. The third-order valence-corrected chi connectivity index (χ3v) is 8.25. The van der Waals surface area contributed by atoms with E-state index in [1.807, 2.05) is 0 Å². The van der Waals surface area contributed by atoms with E-state index in [1.165, 1.54) is 36.7 Å². The Morgan fingerprint density at radius 3 is 1.02 bits per heavy atom. The van der Waals surface area contributed by atoms with E-state index in [1.54, 1.807) is 74.8 Å². The second-order valence-electron chi connectivity index (χ2n) is 9.68. The zero-order valence-electron chi connectivity index (χ0n) is 28.6. The molecule has 0 aliphatic heterocycles. The molecule has 0 saturated carbocycles. The van der Waals surface area contributed by atoms with Crippen LogP contribution in [0.5, 0.6) is 0 Å². The second-order valence-corrected chi connectivity index (χ2v) is 15.1. The number of hydrogen-bond donors (Lipinski definition) is 0. The van der Waals surface area contributed by atoms with Gasteiger partial charge < -0.3 is 29.2 Å². The molecule has 0 aliphatic carbocycles. The number of aromatic nitrogens is 2. The van der Waals surface area contributed by atoms with Gasteiger partial charge in [0.15, 0.2) is 20.2 Å². The Labute approximate surface area is 348 Å². The molecular weight excluding hydrogens is 986 g/mol. The summed E-state index contributed by atoms with van der Waals surface area (Å²) in [5.41, 5.74) is -8.52. The predicted molar refractivity (Wildman–Crippen MR) is 183 cm³/mol. The smallest absolute Gasteiger partial charge is 0.744 e. The number of pyridine rings is 2. The summed E-state index contributed by atoms with van der Waals surface area (Å²) in [6, 6.07) is 19.6. The maximum absolute atomic E-state index is 11.2. The first-order valence-electron chi connectivity index (χ1n) is 13.5. The van der Waals surface area contributed by atoms with E-state index in [4.69, 9.17) is 25.9 Å². The van der Waals surface area contributed by atoms with Gasteiger partial charge in [-0.2, -0.15) is 26.3 Å². The Kier molecular flexibility index (Phi) is 26.3. The first-order valence-corrected chi connectivity index (χ1v) is 19.1. The summed E-state index contributed by atoms with van der Waals surface area (Å²) in [5, 5.41) is 0. The van der Waals surface area contributed by atoms with Gasteiger partial charge in [0.2, 0.25) is 0 Å². The molecule has 6 N–H and O–H groups in total. The normalized spacial score (nSPS) is 11.7. The van der Waals surface area contributed by atoms with Gasteiger partial charge in [-0.05, 0) is 73.5 Å². The zero-order chi connectivity index (χ0) is 41.8. The van der Waals surface area contributed by atoms with E-state index >= 15 is 0 Å². The van der Waals surface area contributed by atoms with Crippen molar-refractivity contribution in [1.82, 2.24) is 9.97 Å². The number of rotatable bonds is 6. The third-order valence-electron chi connectivity index (χ3n) is 5.38. The molecule has 0 unspecified atom stereocenters. The van der Waals surface area contributed by atoms with Crippen molar-refractivity contribution in [3.05, 3.63) is 108 Å². The van der Waals surface area contributed by atoms with Gasteiger partial charge in [0.1, 0.15) is 20.2 Å². The SMILES string of the molecule is Cc1ccc(N=Cc2ccccn2)c(S(=O)(=O)[O-])c1.Cc1ccc(N=Cc2ccccn2)c(S(=O)(=O)[O-])c1.O=S(=O)([O-])C(F)(F)F.O=S(=O)([O-])C(F)(F)F.[Cu+2].[Cu+2].[OH3+].[OH3+]. The molecule has 0 saturated heterocycles. The molecule has 18 nitrogen and oxygen atoms in total. The van der Waals surface area contributed by atoms with Gasteiger partial charge in [0.05, 0.1) is 45.0 Å². The van der Waals surface area contributed by atoms with Gasteiger partial charge in [-0.15, -0.1) is 0 Å². The summed E-state index contributed by atoms with van der Waals surface area (Å²) in [6.45, 7) is 3.42. The Hall–Kier alpha value is -3.74. The minimum Gasteiger partial charge on any atom is -0.744 e. The molecule has 4 aromatic rings. The molecule has 30 heteroatoms. The Bertz CT molecular complexity index is 2230. The van der Waals surface area contributed by atoms with Gasteiger partial charge in [0, 0.05) is 12.4 Å². The molecule has 2 aromatic heterocycles. The van der Waals surface area contributed by atoms with Crippen LogP contribution in [0.2, 0.25) is 0 Å². The van der Waals surface area contributed by atoms with Crippen molar-refractivity contribution in [1.29, 1.82) is 0 Å². The Morgan fingerprint density at radius 1 is 0.534 bits per heavy atom. The quantitative estimate of drug-likeness (QED) is 0.0669. The van der Waals surface area contributed by atoms with Crippen molar-refractivity contribution < 1.29 is 123 Å². The van der Waals surface area contributed by atoms with Crippen LogP contribution in [0.25, 0.3) is 0 Å². The van der Waals surface area contributed by atoms with Gasteiger partial charge in [-0.1, -0.05) is 24.3 Å². The Balaban J connectivity index is -0.000000353. The van der Waals surface area contributed by atoms with Crippen molar-refractivity contribution in [2.24, 2.45) is 9.98 Å². The van der Waals surface area contributed by atoms with E-state index in [2.05, 4.69) is 20.0 Å². The van der Waals surface area contributed by atoms with Crippen LogP contribution in [0.1, 0.15) is 22.5 Å². The monoisotopic (exact) mass is 1010 g/mol. The summed E-state index contributed by atoms with van der Waals surface area (Å²) in [4.78, 5) is 15.4. The van der Waals surface area contributed by atoms with Crippen LogP contribution in [-0.4, -0.2) is 85.3 Å². The molecule has 2 aromatic carbocycles. The van der Waals surface area contributed by atoms with Crippen LogP contribution in [-0.2, 0) is 85.6 Å². The van der Waals surface area contributed by atoms with Gasteiger partial charge in [-0.3, -0.25) is 20.0 Å². The van der Waals surface area contributed by atoms with Crippen LogP contribution in [0.3, 0.4) is 0 Å². The summed E-state index contributed by atoms with van der Waals surface area (Å²) in [6.07, 6.45) is 6.03. The van der Waals surface area contributed by atoms with Crippen LogP contribution < -0.4 is 0 Å². The van der Waals surface area contributed by atoms with Gasteiger partial charge in [-0.25, -0.2) is 33.7 Å². The topological polar surface area (TPSA) is 345 Å². The molecule has 0 fully saturated rings. The minimum absolute atomic E-state index is 0. The number of benzene rings is 2. The predicted octanol–water partition coefficient (Wildman–Crippen LogP) is 2.34. The van der Waals surface area contributed by atoms with Crippen LogP contribution in [0, 0.1) is 13.8 Å². The number of aryl methyl sites for hydroxylation is 2. The molecule has 330 valence electrons. The largest absolute Gasteiger partial charge is 2.00 e. The standard InChI is InChI=1S/2C13H12N2O3S.2CHF3O3S.2Cu.2H2O/c2*1-10-5-6-12(13(8-10)19(16,17)18)15-9-11-4-2-3-7-14-11;2*2-1(3,4)8(5,6)7;;;;/h2*2-9H,1H3,(H,16,17,18);2*(H,5,6,7);;;2*1H2/q;;;;2*+2;;/p-2. The van der Waals surface area contributed by atoms with Crippen molar-refractivity contribution in [2.75, 3.05) is 0 Å². The molecule has 58 heavy (non-hydrogen) atoms. The molecule has 2 radical (unpaired) electrons. The fraction of sp³-hybridized carbons (Fsp3) is 0.143. The molecule has 0 amide bonds. The number of alkyl halides is 6. The Morgan fingerprint density at radius 2 is 0.810 bits per heavy atom. The average molecular weight is 1010 g/mol. The summed E-state index contributed by atoms with van der Waals surface area (Å²) in [7, 11) is -21.3. The van der Waals surface area contributed by atoms with Crippen LogP contribution in [0.15, 0.2) is 105 Å².